The third kappa shape index (κ3) is 59.6. The van der Waals surface area contributed by atoms with Crippen LogP contribution in [0.1, 0.15) is 316 Å². The normalized spacial score (nSPS) is 12.5. The Labute approximate surface area is 453 Å². The number of carbonyl (C=O) groups excluding carboxylic acids is 3. The van der Waals surface area contributed by atoms with Crippen LogP contribution in [0.2, 0.25) is 0 Å². The molecule has 6 nitrogen and oxygen atoms in total. The van der Waals surface area contributed by atoms with Crippen LogP contribution in [0.3, 0.4) is 0 Å². The molecule has 0 aliphatic carbocycles. The predicted molar refractivity (Wildman–Crippen MR) is 316 cm³/mol. The molecule has 6 heteroatoms. The largest absolute Gasteiger partial charge is 0.462 e. The van der Waals surface area contributed by atoms with Crippen molar-refractivity contribution in [2.24, 2.45) is 0 Å². The smallest absolute Gasteiger partial charge is 0.306 e. The topological polar surface area (TPSA) is 78.9 Å². The van der Waals surface area contributed by atoms with E-state index in [9.17, 15) is 14.4 Å². The zero-order valence-corrected chi connectivity index (χ0v) is 48.4. The van der Waals surface area contributed by atoms with Crippen LogP contribution < -0.4 is 0 Å². The van der Waals surface area contributed by atoms with Gasteiger partial charge >= 0.3 is 17.9 Å². The van der Waals surface area contributed by atoms with Crippen molar-refractivity contribution >= 4 is 17.9 Å². The van der Waals surface area contributed by atoms with Crippen molar-refractivity contribution in [3.05, 3.63) is 72.9 Å². The molecule has 0 fully saturated rings. The first kappa shape index (κ1) is 69.8. The molecule has 0 radical (unpaired) electrons. The summed E-state index contributed by atoms with van der Waals surface area (Å²) in [6.07, 6.45) is 79.3. The van der Waals surface area contributed by atoms with Crippen molar-refractivity contribution in [1.82, 2.24) is 0 Å². The van der Waals surface area contributed by atoms with Crippen LogP contribution in [0.15, 0.2) is 72.9 Å². The Balaban J connectivity index is 4.10. The van der Waals surface area contributed by atoms with Gasteiger partial charge in [0.2, 0.25) is 0 Å². The van der Waals surface area contributed by atoms with Crippen molar-refractivity contribution in [2.75, 3.05) is 13.2 Å². The van der Waals surface area contributed by atoms with Gasteiger partial charge in [-0.25, -0.2) is 0 Å². The molecule has 0 saturated heterocycles. The highest BCUT2D eigenvalue weighted by Gasteiger charge is 2.19. The Hall–Kier alpha value is -3.15. The molecule has 0 heterocycles. The fourth-order valence-electron chi connectivity index (χ4n) is 9.00. The monoisotopic (exact) mass is 1020 g/mol. The van der Waals surface area contributed by atoms with Crippen LogP contribution in [-0.4, -0.2) is 37.2 Å². The molecule has 1 unspecified atom stereocenters. The van der Waals surface area contributed by atoms with E-state index in [1.807, 2.05) is 0 Å². The Morgan fingerprint density at radius 3 is 0.836 bits per heavy atom. The lowest BCUT2D eigenvalue weighted by Gasteiger charge is -2.18. The lowest BCUT2D eigenvalue weighted by molar-refractivity contribution is -0.167. The molecule has 73 heavy (non-hydrogen) atoms. The SMILES string of the molecule is CC/C=C\C/C=C\C/C=C\CCCCCCCC(=O)OC(COC(=O)CCCCCCCCCCC)COC(=O)CCCCCCCCCCCCCCCCCC/C=C\C/C=C\C/C=C\CCCCCCC. The first-order valence-electron chi connectivity index (χ1n) is 31.4. The summed E-state index contributed by atoms with van der Waals surface area (Å²) in [5.74, 6) is -0.888. The zero-order chi connectivity index (χ0) is 52.9. The first-order chi connectivity index (χ1) is 36.0. The van der Waals surface area contributed by atoms with Gasteiger partial charge in [0.15, 0.2) is 6.10 Å². The minimum atomic E-state index is -0.781. The van der Waals surface area contributed by atoms with E-state index in [1.165, 1.54) is 167 Å². The maximum absolute atomic E-state index is 12.8. The van der Waals surface area contributed by atoms with E-state index in [4.69, 9.17) is 14.2 Å². The molecule has 0 aromatic heterocycles. The summed E-state index contributed by atoms with van der Waals surface area (Å²) in [4.78, 5) is 38.1. The molecule has 0 amide bonds. The second-order valence-electron chi connectivity index (χ2n) is 20.9. The first-order valence-corrected chi connectivity index (χ1v) is 31.4. The van der Waals surface area contributed by atoms with E-state index in [0.717, 1.165) is 109 Å². The van der Waals surface area contributed by atoms with Crippen molar-refractivity contribution < 1.29 is 28.6 Å². The molecule has 0 aromatic carbocycles. The highest BCUT2D eigenvalue weighted by molar-refractivity contribution is 5.71. The summed E-state index contributed by atoms with van der Waals surface area (Å²) >= 11 is 0. The van der Waals surface area contributed by atoms with Crippen LogP contribution in [0.25, 0.3) is 0 Å². The molecule has 0 N–H and O–H groups in total. The van der Waals surface area contributed by atoms with Gasteiger partial charge in [-0.05, 0) is 89.9 Å². The van der Waals surface area contributed by atoms with Gasteiger partial charge < -0.3 is 14.2 Å². The Bertz CT molecular complexity index is 1360. The third-order valence-corrected chi connectivity index (χ3v) is 13.7. The molecule has 0 spiro atoms. The summed E-state index contributed by atoms with van der Waals surface area (Å²) in [6.45, 7) is 6.51. The summed E-state index contributed by atoms with van der Waals surface area (Å²) in [5.41, 5.74) is 0. The molecule has 0 bridgehead atoms. The molecule has 0 saturated carbocycles. The Morgan fingerprint density at radius 2 is 0.534 bits per heavy atom. The van der Waals surface area contributed by atoms with Crippen LogP contribution in [0.4, 0.5) is 0 Å². The van der Waals surface area contributed by atoms with Crippen molar-refractivity contribution in [2.45, 2.75) is 322 Å². The lowest BCUT2D eigenvalue weighted by Crippen LogP contribution is -2.30. The summed E-state index contributed by atoms with van der Waals surface area (Å²) in [7, 11) is 0. The molecule has 0 aromatic rings. The van der Waals surface area contributed by atoms with E-state index in [0.29, 0.717) is 19.3 Å². The van der Waals surface area contributed by atoms with Gasteiger partial charge in [-0.3, -0.25) is 14.4 Å². The van der Waals surface area contributed by atoms with Gasteiger partial charge in [0.1, 0.15) is 13.2 Å². The fraction of sp³-hybridized carbons (Fsp3) is 0.776. The van der Waals surface area contributed by atoms with Crippen molar-refractivity contribution in [3.63, 3.8) is 0 Å². The molecule has 1 atom stereocenters. The standard InChI is InChI=1S/C67H118O6/c1-4-7-10-13-16-19-21-23-25-26-27-28-29-30-31-32-33-34-35-36-37-38-39-40-42-43-45-48-51-54-57-60-66(69)72-63-64(62-71-65(68)59-56-53-50-47-18-15-12-9-6-3)73-67(70)61-58-55-52-49-46-44-41-24-22-20-17-14-11-8-5-2/h8,11,17,20-21,23-24,26-27,29-30,41,64H,4-7,9-10,12-16,18-19,22,25,28,31-40,42-63H2,1-3H3/b11-8-,20-17-,23-21-,27-26-,30-29-,41-24-. The number of esters is 3. The summed E-state index contributed by atoms with van der Waals surface area (Å²) in [5, 5.41) is 0. The number of ether oxygens (including phenoxy) is 3. The highest BCUT2D eigenvalue weighted by atomic mass is 16.6. The molecule has 422 valence electrons. The molecule has 0 aliphatic rings. The van der Waals surface area contributed by atoms with E-state index in [2.05, 4.69) is 93.7 Å². The van der Waals surface area contributed by atoms with Gasteiger partial charge in [0, 0.05) is 19.3 Å². The number of allylic oxidation sites excluding steroid dienone is 12. The van der Waals surface area contributed by atoms with Gasteiger partial charge in [-0.1, -0.05) is 280 Å². The number of carbonyl (C=O) groups is 3. The number of hydrogen-bond donors (Lipinski definition) is 0. The molecular formula is C67H118O6. The van der Waals surface area contributed by atoms with E-state index < -0.39 is 6.10 Å². The number of rotatable bonds is 57. The summed E-state index contributed by atoms with van der Waals surface area (Å²) in [6, 6.07) is 0. The van der Waals surface area contributed by atoms with E-state index >= 15 is 0 Å². The maximum Gasteiger partial charge on any atom is 0.306 e. The number of hydrogen-bond acceptors (Lipinski definition) is 6. The zero-order valence-electron chi connectivity index (χ0n) is 48.4. The van der Waals surface area contributed by atoms with Crippen LogP contribution in [-0.2, 0) is 28.6 Å². The average Bonchev–Trinajstić information content (AvgIpc) is 3.39. The Kier molecular flexibility index (Phi) is 58.7. The highest BCUT2D eigenvalue weighted by Crippen LogP contribution is 2.17. The van der Waals surface area contributed by atoms with Crippen molar-refractivity contribution in [3.8, 4) is 0 Å². The third-order valence-electron chi connectivity index (χ3n) is 13.7. The maximum atomic E-state index is 12.8. The molecule has 0 aliphatic heterocycles. The minimum absolute atomic E-state index is 0.0793. The van der Waals surface area contributed by atoms with E-state index in [-0.39, 0.29) is 31.1 Å². The number of unbranched alkanes of at least 4 members (excludes halogenated alkanes) is 34. The second kappa shape index (κ2) is 61.4. The minimum Gasteiger partial charge on any atom is -0.462 e. The van der Waals surface area contributed by atoms with Crippen molar-refractivity contribution in [1.29, 1.82) is 0 Å². The van der Waals surface area contributed by atoms with Crippen LogP contribution in [0, 0.1) is 0 Å². The average molecular weight is 1020 g/mol. The predicted octanol–water partition coefficient (Wildman–Crippen LogP) is 21.3. The van der Waals surface area contributed by atoms with Crippen LogP contribution in [0.5, 0.6) is 0 Å². The molecule has 0 rings (SSSR count). The summed E-state index contributed by atoms with van der Waals surface area (Å²) < 4.78 is 16.8. The molecular weight excluding hydrogens is 901 g/mol. The van der Waals surface area contributed by atoms with Gasteiger partial charge in [-0.2, -0.15) is 0 Å². The Morgan fingerprint density at radius 1 is 0.288 bits per heavy atom. The van der Waals surface area contributed by atoms with Gasteiger partial charge in [0.05, 0.1) is 0 Å². The van der Waals surface area contributed by atoms with E-state index in [1.54, 1.807) is 0 Å². The quantitative estimate of drug-likeness (QED) is 0.0261. The van der Waals surface area contributed by atoms with Gasteiger partial charge in [0.25, 0.3) is 0 Å². The second-order valence-corrected chi connectivity index (χ2v) is 20.9. The van der Waals surface area contributed by atoms with Gasteiger partial charge in [-0.15, -0.1) is 0 Å². The van der Waals surface area contributed by atoms with Crippen LogP contribution >= 0.6 is 0 Å². The lowest BCUT2D eigenvalue weighted by atomic mass is 10.0. The fourth-order valence-corrected chi connectivity index (χ4v) is 9.00.